The van der Waals surface area contributed by atoms with Crippen LogP contribution < -0.4 is 4.90 Å². The molecule has 0 aliphatic carbocycles. The smallest absolute Gasteiger partial charge is 0.436 e. The molecule has 1 aliphatic heterocycles. The fraction of sp³-hybridized carbons (Fsp3) is 0.500. The maximum atomic E-state index is 12.3. The minimum Gasteiger partial charge on any atom is -0.469 e. The van der Waals surface area contributed by atoms with Gasteiger partial charge in [-0.2, -0.15) is 18.2 Å². The van der Waals surface area contributed by atoms with Gasteiger partial charge in [-0.15, -0.1) is 0 Å². The summed E-state index contributed by atoms with van der Waals surface area (Å²) >= 11 is 0. The van der Waals surface area contributed by atoms with E-state index in [2.05, 4.69) is 14.1 Å². The van der Waals surface area contributed by atoms with Gasteiger partial charge in [0.05, 0.1) is 13.0 Å². The van der Waals surface area contributed by atoms with Crippen molar-refractivity contribution in [3.8, 4) is 0 Å². The van der Waals surface area contributed by atoms with E-state index in [4.69, 9.17) is 0 Å². The summed E-state index contributed by atoms with van der Waals surface area (Å²) < 4.78 is 46.1. The number of hydrogen-bond donors (Lipinski definition) is 0. The molecule has 0 bridgehead atoms. The third kappa shape index (κ3) is 2.54. The number of halogens is 3. The van der Waals surface area contributed by atoms with E-state index in [0.29, 0.717) is 6.26 Å². The first-order valence-corrected chi connectivity index (χ1v) is 5.24. The molecule has 1 aromatic heterocycles. The number of oxazole rings is 1. The minimum atomic E-state index is -4.65. The number of rotatable bonds is 2. The zero-order chi connectivity index (χ0) is 14.2. The molecule has 1 aromatic rings. The Bertz CT molecular complexity index is 511. The predicted octanol–water partition coefficient (Wildman–Crippen LogP) is 1.22. The summed E-state index contributed by atoms with van der Waals surface area (Å²) in [6.45, 7) is -0.108. The van der Waals surface area contributed by atoms with Gasteiger partial charge in [0.25, 0.3) is 0 Å². The number of alkyl halides is 3. The monoisotopic (exact) mass is 278 g/mol. The summed E-state index contributed by atoms with van der Waals surface area (Å²) in [6, 6.07) is -0.469. The van der Waals surface area contributed by atoms with Gasteiger partial charge >= 0.3 is 18.2 Å². The number of carbonyl (C=O) groups is 2. The Labute approximate surface area is 105 Å². The first kappa shape index (κ1) is 13.4. The summed E-state index contributed by atoms with van der Waals surface area (Å²) in [4.78, 5) is 27.0. The minimum absolute atomic E-state index is 0.108. The van der Waals surface area contributed by atoms with Crippen LogP contribution in [-0.2, 0) is 20.5 Å². The molecule has 2 heterocycles. The maximum absolute atomic E-state index is 12.3. The predicted molar refractivity (Wildman–Crippen MR) is 54.0 cm³/mol. The highest BCUT2D eigenvalue weighted by Gasteiger charge is 2.40. The van der Waals surface area contributed by atoms with Gasteiger partial charge in [0.2, 0.25) is 5.91 Å². The van der Waals surface area contributed by atoms with E-state index in [-0.39, 0.29) is 13.0 Å². The summed E-state index contributed by atoms with van der Waals surface area (Å²) in [5.41, 5.74) is -1.23. The van der Waals surface area contributed by atoms with Gasteiger partial charge in [-0.3, -0.25) is 14.5 Å². The molecule has 0 aromatic carbocycles. The van der Waals surface area contributed by atoms with Gasteiger partial charge in [0.1, 0.15) is 6.26 Å². The maximum Gasteiger partial charge on any atom is 0.436 e. The average molecular weight is 278 g/mol. The van der Waals surface area contributed by atoms with Gasteiger partial charge in [0.15, 0.2) is 5.69 Å². The van der Waals surface area contributed by atoms with E-state index in [9.17, 15) is 22.8 Å². The first-order chi connectivity index (χ1) is 8.82. The molecule has 104 valence electrons. The topological polar surface area (TPSA) is 72.6 Å². The number of nitrogens with zero attached hydrogens (tertiary/aromatic N) is 2. The second-order valence-corrected chi connectivity index (χ2v) is 3.94. The molecule has 2 rings (SSSR count). The van der Waals surface area contributed by atoms with Crippen LogP contribution in [0.3, 0.4) is 0 Å². The van der Waals surface area contributed by atoms with Crippen LogP contribution in [0.2, 0.25) is 0 Å². The van der Waals surface area contributed by atoms with Crippen LogP contribution in [0.25, 0.3) is 0 Å². The molecular weight excluding hydrogens is 269 g/mol. The first-order valence-electron chi connectivity index (χ1n) is 5.24. The summed E-state index contributed by atoms with van der Waals surface area (Å²) in [5, 5.41) is 0. The molecule has 1 unspecified atom stereocenters. The molecule has 9 heteroatoms. The third-order valence-corrected chi connectivity index (χ3v) is 2.67. The Morgan fingerprint density at radius 3 is 2.79 bits per heavy atom. The van der Waals surface area contributed by atoms with E-state index in [1.54, 1.807) is 0 Å². The van der Waals surface area contributed by atoms with Crippen molar-refractivity contribution < 1.29 is 31.9 Å². The van der Waals surface area contributed by atoms with E-state index < -0.39 is 35.7 Å². The van der Waals surface area contributed by atoms with Crippen molar-refractivity contribution in [3.63, 3.8) is 0 Å². The van der Waals surface area contributed by atoms with Crippen molar-refractivity contribution in [2.45, 2.75) is 12.6 Å². The molecule has 0 radical (unpaired) electrons. The largest absolute Gasteiger partial charge is 0.469 e. The lowest BCUT2D eigenvalue weighted by Gasteiger charge is -2.10. The van der Waals surface area contributed by atoms with Crippen molar-refractivity contribution >= 4 is 17.9 Å². The van der Waals surface area contributed by atoms with Crippen molar-refractivity contribution in [1.29, 1.82) is 0 Å². The van der Waals surface area contributed by atoms with Crippen LogP contribution in [-0.4, -0.2) is 30.5 Å². The Hall–Kier alpha value is -2.06. The van der Waals surface area contributed by atoms with Gasteiger partial charge < -0.3 is 9.15 Å². The summed E-state index contributed by atoms with van der Waals surface area (Å²) in [7, 11) is 1.17. The van der Waals surface area contributed by atoms with Crippen LogP contribution in [0.4, 0.5) is 19.2 Å². The molecule has 19 heavy (non-hydrogen) atoms. The Balaban J connectivity index is 2.17. The van der Waals surface area contributed by atoms with Crippen LogP contribution in [0.15, 0.2) is 10.7 Å². The summed E-state index contributed by atoms with van der Waals surface area (Å²) in [5.74, 6) is -1.86. The van der Waals surface area contributed by atoms with Crippen molar-refractivity contribution in [1.82, 2.24) is 4.98 Å². The number of methoxy groups -OCH3 is 1. The summed E-state index contributed by atoms with van der Waals surface area (Å²) in [6.07, 6.45) is -4.36. The SMILES string of the molecule is COC(=O)C1CC(=O)N(c2nc(C(F)(F)F)co2)C1. The van der Waals surface area contributed by atoms with Gasteiger partial charge in [-0.25, -0.2) is 0 Å². The Morgan fingerprint density at radius 1 is 1.58 bits per heavy atom. The highest BCUT2D eigenvalue weighted by atomic mass is 19.4. The van der Waals surface area contributed by atoms with E-state index >= 15 is 0 Å². The quantitative estimate of drug-likeness (QED) is 0.760. The van der Waals surface area contributed by atoms with E-state index in [1.165, 1.54) is 7.11 Å². The standard InChI is InChI=1S/C10H9F3N2O4/c1-18-8(17)5-2-7(16)15(3-5)9-14-6(4-19-9)10(11,12)13/h4-5H,2-3H2,1H3. The van der Waals surface area contributed by atoms with Gasteiger partial charge in [-0.1, -0.05) is 0 Å². The molecule has 1 atom stereocenters. The fourth-order valence-corrected chi connectivity index (χ4v) is 1.74. The Morgan fingerprint density at radius 2 is 2.26 bits per heavy atom. The lowest BCUT2D eigenvalue weighted by atomic mass is 10.1. The van der Waals surface area contributed by atoms with Crippen LogP contribution in [0.1, 0.15) is 12.1 Å². The zero-order valence-electron chi connectivity index (χ0n) is 9.73. The van der Waals surface area contributed by atoms with Crippen molar-refractivity contribution in [2.24, 2.45) is 5.92 Å². The van der Waals surface area contributed by atoms with E-state index in [0.717, 1.165) is 4.90 Å². The number of amides is 1. The molecule has 0 N–H and O–H groups in total. The lowest BCUT2D eigenvalue weighted by molar-refractivity contribution is -0.145. The molecule has 1 fully saturated rings. The number of anilines is 1. The number of ether oxygens (including phenoxy) is 1. The van der Waals surface area contributed by atoms with Crippen molar-refractivity contribution in [3.05, 3.63) is 12.0 Å². The van der Waals surface area contributed by atoms with Gasteiger partial charge in [0, 0.05) is 13.0 Å². The second-order valence-electron chi connectivity index (χ2n) is 3.94. The molecule has 1 saturated heterocycles. The number of hydrogen-bond acceptors (Lipinski definition) is 5. The highest BCUT2D eigenvalue weighted by molar-refractivity contribution is 5.97. The van der Waals surface area contributed by atoms with Crippen molar-refractivity contribution in [2.75, 3.05) is 18.6 Å². The average Bonchev–Trinajstić information content (AvgIpc) is 2.93. The molecule has 0 saturated carbocycles. The van der Waals surface area contributed by atoms with Gasteiger partial charge in [-0.05, 0) is 0 Å². The lowest BCUT2D eigenvalue weighted by Crippen LogP contribution is -2.26. The molecule has 6 nitrogen and oxygen atoms in total. The fourth-order valence-electron chi connectivity index (χ4n) is 1.74. The van der Waals surface area contributed by atoms with E-state index in [1.807, 2.05) is 0 Å². The zero-order valence-corrected chi connectivity index (χ0v) is 9.73. The molecule has 1 aliphatic rings. The normalized spacial score (nSPS) is 19.9. The molecule has 0 spiro atoms. The number of carbonyl (C=O) groups excluding carboxylic acids is 2. The number of aromatic nitrogens is 1. The second kappa shape index (κ2) is 4.56. The van der Waals surface area contributed by atoms with Crippen LogP contribution >= 0.6 is 0 Å². The molecular formula is C10H9F3N2O4. The highest BCUT2D eigenvalue weighted by Crippen LogP contribution is 2.32. The Kier molecular flexibility index (Phi) is 3.21. The molecule has 1 amide bonds. The van der Waals surface area contributed by atoms with Crippen LogP contribution in [0, 0.1) is 5.92 Å². The van der Waals surface area contributed by atoms with Crippen LogP contribution in [0.5, 0.6) is 0 Å². The number of esters is 1. The third-order valence-electron chi connectivity index (χ3n) is 2.67.